The van der Waals surface area contributed by atoms with Crippen LogP contribution in [-0.2, 0) is 18.1 Å². The van der Waals surface area contributed by atoms with Gasteiger partial charge in [-0.25, -0.2) is 8.78 Å². The Morgan fingerprint density at radius 1 is 1.08 bits per heavy atom. The molecule has 0 saturated heterocycles. The van der Waals surface area contributed by atoms with Gasteiger partial charge in [-0.3, -0.25) is 4.98 Å². The van der Waals surface area contributed by atoms with Gasteiger partial charge in [0.25, 0.3) is 0 Å². The van der Waals surface area contributed by atoms with E-state index in [0.29, 0.717) is 10.5 Å². The number of aromatic nitrogens is 4. The molecule has 26 heavy (non-hydrogen) atoms. The number of nitrogens with zero attached hydrogens (tertiary/aromatic N) is 4. The number of hydrogen-bond donors (Lipinski definition) is 1. The molecule has 0 bridgehead atoms. The summed E-state index contributed by atoms with van der Waals surface area (Å²) in [5.41, 5.74) is -4.63. The van der Waals surface area contributed by atoms with Crippen LogP contribution in [0, 0.1) is 11.6 Å². The Bertz CT molecular complexity index is 905. The lowest BCUT2D eigenvalue weighted by Gasteiger charge is -2.36. The second-order valence-electron chi connectivity index (χ2n) is 5.55. The molecule has 136 valence electrons. The lowest BCUT2D eigenvalue weighted by molar-refractivity contribution is -0.206. The Hall–Kier alpha value is -2.33. The number of hydrogen-bond acceptors (Lipinski definition) is 4. The van der Waals surface area contributed by atoms with Crippen molar-refractivity contribution in [3.05, 3.63) is 76.5 Å². The highest BCUT2D eigenvalue weighted by Gasteiger charge is 2.57. The van der Waals surface area contributed by atoms with Crippen LogP contribution in [-0.4, -0.2) is 24.9 Å². The summed E-state index contributed by atoms with van der Waals surface area (Å²) in [5, 5.41) is 17.9. The van der Waals surface area contributed by atoms with E-state index in [0.717, 1.165) is 41.6 Å². The standard InChI is InChI=1S/C16H11BrF4N4O/c17-10-1-4-14(22-6-10)16(20,21)15(26,7-25-8-23-24-9-25)12-3-2-11(18)5-13(12)19/h1-6,8-9,26H,7H2/t15-/m0/s1. The summed E-state index contributed by atoms with van der Waals surface area (Å²) in [7, 11) is 0. The first-order valence-electron chi connectivity index (χ1n) is 7.24. The Morgan fingerprint density at radius 2 is 1.77 bits per heavy atom. The van der Waals surface area contributed by atoms with Gasteiger partial charge in [-0.05, 0) is 40.2 Å². The van der Waals surface area contributed by atoms with Gasteiger partial charge in [0.15, 0.2) is 5.60 Å². The molecule has 2 heterocycles. The molecule has 2 aromatic heterocycles. The second kappa shape index (κ2) is 6.76. The molecule has 0 radical (unpaired) electrons. The summed E-state index contributed by atoms with van der Waals surface area (Å²) in [6, 6.07) is 4.32. The smallest absolute Gasteiger partial charge is 0.323 e. The summed E-state index contributed by atoms with van der Waals surface area (Å²) < 4.78 is 59.5. The average Bonchev–Trinajstić information content (AvgIpc) is 3.07. The van der Waals surface area contributed by atoms with Gasteiger partial charge in [-0.2, -0.15) is 8.78 Å². The molecule has 1 N–H and O–H groups in total. The number of benzene rings is 1. The minimum absolute atomic E-state index is 0.428. The summed E-state index contributed by atoms with van der Waals surface area (Å²) in [5.74, 6) is -6.28. The van der Waals surface area contributed by atoms with E-state index in [2.05, 4.69) is 31.1 Å². The zero-order valence-corrected chi connectivity index (χ0v) is 14.5. The van der Waals surface area contributed by atoms with Crippen LogP contribution in [0.1, 0.15) is 11.3 Å². The molecule has 0 aliphatic heterocycles. The molecular formula is C16H11BrF4N4O. The van der Waals surface area contributed by atoms with Crippen molar-refractivity contribution < 1.29 is 22.7 Å². The maximum Gasteiger partial charge on any atom is 0.323 e. The Morgan fingerprint density at radius 3 is 2.35 bits per heavy atom. The largest absolute Gasteiger partial charge is 0.377 e. The Balaban J connectivity index is 2.17. The van der Waals surface area contributed by atoms with Gasteiger partial charge >= 0.3 is 5.92 Å². The highest BCUT2D eigenvalue weighted by Crippen LogP contribution is 2.46. The van der Waals surface area contributed by atoms with E-state index in [4.69, 9.17) is 0 Å². The van der Waals surface area contributed by atoms with Gasteiger partial charge in [-0.15, -0.1) is 10.2 Å². The first-order chi connectivity index (χ1) is 12.2. The molecule has 3 aromatic rings. The van der Waals surface area contributed by atoms with Crippen molar-refractivity contribution in [1.29, 1.82) is 0 Å². The lowest BCUT2D eigenvalue weighted by atomic mass is 9.84. The molecule has 5 nitrogen and oxygen atoms in total. The normalized spacial score (nSPS) is 14.2. The van der Waals surface area contributed by atoms with Crippen LogP contribution in [0.5, 0.6) is 0 Å². The molecule has 0 amide bonds. The van der Waals surface area contributed by atoms with E-state index in [-0.39, 0.29) is 0 Å². The number of rotatable bonds is 5. The van der Waals surface area contributed by atoms with E-state index < -0.39 is 41.0 Å². The number of pyridine rings is 1. The van der Waals surface area contributed by atoms with Crippen molar-refractivity contribution in [2.45, 2.75) is 18.1 Å². The molecule has 0 aliphatic carbocycles. The zero-order chi connectivity index (χ0) is 18.9. The SMILES string of the molecule is O[C@@](Cn1cnnc1)(c1ccc(F)cc1F)C(F)(F)c1ccc(Br)cn1. The summed E-state index contributed by atoms with van der Waals surface area (Å²) in [6.45, 7) is -0.784. The number of aliphatic hydroxyl groups is 1. The van der Waals surface area contributed by atoms with Crippen molar-refractivity contribution >= 4 is 15.9 Å². The summed E-state index contributed by atoms with van der Waals surface area (Å²) in [4.78, 5) is 3.62. The predicted molar refractivity (Wildman–Crippen MR) is 86.1 cm³/mol. The predicted octanol–water partition coefficient (Wildman–Crippen LogP) is 3.39. The molecule has 1 atom stereocenters. The van der Waals surface area contributed by atoms with E-state index in [1.807, 2.05) is 0 Å². The fourth-order valence-electron chi connectivity index (χ4n) is 2.52. The topological polar surface area (TPSA) is 63.8 Å². The maximum atomic E-state index is 15.3. The maximum absolute atomic E-state index is 15.3. The molecule has 3 rings (SSSR count). The Labute approximate surface area is 153 Å². The van der Waals surface area contributed by atoms with Crippen LogP contribution in [0.25, 0.3) is 0 Å². The van der Waals surface area contributed by atoms with Crippen molar-refractivity contribution in [2.75, 3.05) is 0 Å². The van der Waals surface area contributed by atoms with E-state index in [9.17, 15) is 13.9 Å². The van der Waals surface area contributed by atoms with Crippen LogP contribution >= 0.6 is 15.9 Å². The number of halogens is 5. The quantitative estimate of drug-likeness (QED) is 0.630. The molecule has 0 saturated carbocycles. The van der Waals surface area contributed by atoms with Crippen molar-refractivity contribution in [3.63, 3.8) is 0 Å². The van der Waals surface area contributed by atoms with Crippen LogP contribution in [0.3, 0.4) is 0 Å². The third-order valence-electron chi connectivity index (χ3n) is 3.82. The van der Waals surface area contributed by atoms with E-state index >= 15 is 8.78 Å². The van der Waals surface area contributed by atoms with Crippen molar-refractivity contribution in [2.24, 2.45) is 0 Å². The van der Waals surface area contributed by atoms with Gasteiger partial charge in [0.2, 0.25) is 0 Å². The number of alkyl halides is 2. The van der Waals surface area contributed by atoms with Crippen LogP contribution in [0.15, 0.2) is 53.7 Å². The van der Waals surface area contributed by atoms with Crippen LogP contribution < -0.4 is 0 Å². The first-order valence-corrected chi connectivity index (χ1v) is 8.03. The van der Waals surface area contributed by atoms with E-state index in [1.54, 1.807) is 0 Å². The zero-order valence-electron chi connectivity index (χ0n) is 13.0. The van der Waals surface area contributed by atoms with Gasteiger partial charge in [0.1, 0.15) is 30.0 Å². The van der Waals surface area contributed by atoms with Crippen molar-refractivity contribution in [3.8, 4) is 0 Å². The minimum atomic E-state index is -4.02. The molecule has 0 aliphatic rings. The first kappa shape index (κ1) is 18.5. The third-order valence-corrected chi connectivity index (χ3v) is 4.29. The van der Waals surface area contributed by atoms with Crippen LogP contribution in [0.4, 0.5) is 17.6 Å². The highest BCUT2D eigenvalue weighted by atomic mass is 79.9. The molecule has 10 heteroatoms. The summed E-state index contributed by atoms with van der Waals surface area (Å²) in [6.07, 6.45) is 3.32. The van der Waals surface area contributed by atoms with Gasteiger partial charge in [0, 0.05) is 22.3 Å². The molecule has 1 aromatic carbocycles. The molecular weight excluding hydrogens is 420 g/mol. The highest BCUT2D eigenvalue weighted by molar-refractivity contribution is 9.10. The van der Waals surface area contributed by atoms with Gasteiger partial charge in [0.05, 0.1) is 6.54 Å². The van der Waals surface area contributed by atoms with Crippen molar-refractivity contribution in [1.82, 2.24) is 19.7 Å². The fourth-order valence-corrected chi connectivity index (χ4v) is 2.75. The van der Waals surface area contributed by atoms with E-state index in [1.165, 1.54) is 6.07 Å². The third kappa shape index (κ3) is 3.21. The molecule has 0 spiro atoms. The second-order valence-corrected chi connectivity index (χ2v) is 6.47. The average molecular weight is 431 g/mol. The summed E-state index contributed by atoms with van der Waals surface area (Å²) >= 11 is 3.08. The lowest BCUT2D eigenvalue weighted by Crippen LogP contribution is -2.47. The van der Waals surface area contributed by atoms with Crippen LogP contribution in [0.2, 0.25) is 0 Å². The fraction of sp³-hybridized carbons (Fsp3) is 0.188. The Kier molecular flexibility index (Phi) is 4.80. The monoisotopic (exact) mass is 430 g/mol. The van der Waals surface area contributed by atoms with Gasteiger partial charge < -0.3 is 9.67 Å². The molecule has 0 fully saturated rings. The minimum Gasteiger partial charge on any atom is -0.377 e. The van der Waals surface area contributed by atoms with Gasteiger partial charge in [-0.1, -0.05) is 0 Å². The molecule has 0 unspecified atom stereocenters.